The zero-order valence-electron chi connectivity index (χ0n) is 12.1. The number of fused-ring (bicyclic) bond motifs is 1. The third-order valence-corrected chi connectivity index (χ3v) is 4.62. The maximum atomic E-state index is 12.1. The van der Waals surface area contributed by atoms with Gasteiger partial charge < -0.3 is 0 Å². The summed E-state index contributed by atoms with van der Waals surface area (Å²) >= 11 is 7.70. The lowest BCUT2D eigenvalue weighted by Gasteiger charge is -2.06. The minimum Gasteiger partial charge on any atom is -0.269 e. The molecule has 0 spiro atoms. The number of hydrogen-bond donors (Lipinski definition) is 0. The lowest BCUT2D eigenvalue weighted by molar-refractivity contribution is 1.00. The van der Waals surface area contributed by atoms with Crippen LogP contribution in [0.4, 0.5) is 0 Å². The molecule has 22 heavy (non-hydrogen) atoms. The Balaban J connectivity index is 1.77. The summed E-state index contributed by atoms with van der Waals surface area (Å²) < 4.78 is 1.58. The van der Waals surface area contributed by atoms with Crippen LogP contribution >= 0.6 is 23.4 Å². The van der Waals surface area contributed by atoms with Gasteiger partial charge in [0.25, 0.3) is 5.56 Å². The Morgan fingerprint density at radius 1 is 1.18 bits per heavy atom. The van der Waals surface area contributed by atoms with E-state index in [1.54, 1.807) is 28.4 Å². The topological polar surface area (TPSA) is 34.4 Å². The highest BCUT2D eigenvalue weighted by Crippen LogP contribution is 2.19. The molecule has 112 valence electrons. The zero-order valence-corrected chi connectivity index (χ0v) is 13.7. The van der Waals surface area contributed by atoms with E-state index in [2.05, 4.69) is 4.98 Å². The number of pyridine rings is 1. The largest absolute Gasteiger partial charge is 0.269 e. The van der Waals surface area contributed by atoms with Crippen molar-refractivity contribution in [3.8, 4) is 0 Å². The molecule has 0 aliphatic carbocycles. The first-order valence-corrected chi connectivity index (χ1v) is 8.47. The Bertz CT molecular complexity index is 876. The van der Waals surface area contributed by atoms with Gasteiger partial charge in [-0.2, -0.15) is 11.8 Å². The summed E-state index contributed by atoms with van der Waals surface area (Å²) in [4.78, 5) is 16.7. The summed E-state index contributed by atoms with van der Waals surface area (Å²) in [5.74, 6) is 1.54. The number of rotatable bonds is 4. The van der Waals surface area contributed by atoms with Gasteiger partial charge in [-0.25, -0.2) is 4.98 Å². The first-order valence-electron chi connectivity index (χ1n) is 6.93. The zero-order chi connectivity index (χ0) is 15.5. The van der Waals surface area contributed by atoms with Gasteiger partial charge in [-0.1, -0.05) is 29.8 Å². The van der Waals surface area contributed by atoms with E-state index in [0.717, 1.165) is 27.7 Å². The van der Waals surface area contributed by atoms with Crippen molar-refractivity contribution in [1.29, 1.82) is 0 Å². The van der Waals surface area contributed by atoms with Crippen LogP contribution in [0.5, 0.6) is 0 Å². The van der Waals surface area contributed by atoms with Crippen molar-refractivity contribution in [2.75, 3.05) is 0 Å². The van der Waals surface area contributed by atoms with Crippen LogP contribution in [-0.2, 0) is 11.5 Å². The highest BCUT2D eigenvalue weighted by atomic mass is 35.5. The van der Waals surface area contributed by atoms with Gasteiger partial charge in [0.05, 0.1) is 5.69 Å². The molecular weight excluding hydrogens is 316 g/mol. The normalized spacial score (nSPS) is 11.0. The minimum absolute atomic E-state index is 0.0351. The number of aryl methyl sites for hydroxylation is 1. The molecule has 0 N–H and O–H groups in total. The highest BCUT2D eigenvalue weighted by molar-refractivity contribution is 7.97. The molecule has 3 aromatic rings. The van der Waals surface area contributed by atoms with Gasteiger partial charge >= 0.3 is 0 Å². The van der Waals surface area contributed by atoms with Gasteiger partial charge in [0.2, 0.25) is 0 Å². The minimum atomic E-state index is -0.0351. The van der Waals surface area contributed by atoms with Gasteiger partial charge in [-0.3, -0.25) is 9.20 Å². The predicted octanol–water partition coefficient (Wildman–Crippen LogP) is 4.09. The number of hydrogen-bond acceptors (Lipinski definition) is 3. The third kappa shape index (κ3) is 3.34. The second kappa shape index (κ2) is 6.55. The third-order valence-electron chi connectivity index (χ3n) is 3.35. The SMILES string of the molecule is Cc1cccn2c(=O)cc(CSCc3cccc(Cl)c3)nc12. The van der Waals surface area contributed by atoms with Crippen molar-refractivity contribution < 1.29 is 0 Å². The van der Waals surface area contributed by atoms with Crippen LogP contribution < -0.4 is 5.56 Å². The van der Waals surface area contributed by atoms with Crippen LogP contribution in [0.25, 0.3) is 5.65 Å². The van der Waals surface area contributed by atoms with E-state index in [9.17, 15) is 4.79 Å². The Morgan fingerprint density at radius 2 is 2.05 bits per heavy atom. The quantitative estimate of drug-likeness (QED) is 0.722. The maximum Gasteiger partial charge on any atom is 0.258 e. The van der Waals surface area contributed by atoms with Crippen molar-refractivity contribution in [3.63, 3.8) is 0 Å². The average molecular weight is 331 g/mol. The van der Waals surface area contributed by atoms with E-state index in [-0.39, 0.29) is 5.56 Å². The molecule has 0 unspecified atom stereocenters. The molecule has 0 saturated carbocycles. The van der Waals surface area contributed by atoms with E-state index >= 15 is 0 Å². The lowest BCUT2D eigenvalue weighted by Crippen LogP contribution is -2.15. The molecule has 0 radical (unpaired) electrons. The van der Waals surface area contributed by atoms with Crippen molar-refractivity contribution in [2.45, 2.75) is 18.4 Å². The molecule has 0 aliphatic heterocycles. The Labute approximate surface area is 138 Å². The van der Waals surface area contributed by atoms with E-state index in [1.165, 1.54) is 5.56 Å². The average Bonchev–Trinajstić information content (AvgIpc) is 2.49. The smallest absolute Gasteiger partial charge is 0.258 e. The van der Waals surface area contributed by atoms with Crippen molar-refractivity contribution in [3.05, 3.63) is 80.9 Å². The summed E-state index contributed by atoms with van der Waals surface area (Å²) in [6.07, 6.45) is 1.75. The fraction of sp³-hybridized carbons (Fsp3) is 0.176. The van der Waals surface area contributed by atoms with Crippen molar-refractivity contribution in [1.82, 2.24) is 9.38 Å². The number of aromatic nitrogens is 2. The van der Waals surface area contributed by atoms with Gasteiger partial charge in [0, 0.05) is 28.8 Å². The standard InChI is InChI=1S/C17H15ClN2OS/c1-12-4-3-7-20-16(21)9-15(19-17(12)20)11-22-10-13-5-2-6-14(18)8-13/h2-9H,10-11H2,1H3. The predicted molar refractivity (Wildman–Crippen MR) is 92.7 cm³/mol. The molecule has 0 atom stereocenters. The summed E-state index contributed by atoms with van der Waals surface area (Å²) in [6.45, 7) is 1.96. The lowest BCUT2D eigenvalue weighted by atomic mass is 10.2. The molecule has 0 aliphatic rings. The van der Waals surface area contributed by atoms with Gasteiger partial charge in [0.15, 0.2) is 0 Å². The van der Waals surface area contributed by atoms with Crippen molar-refractivity contribution in [2.24, 2.45) is 0 Å². The fourth-order valence-corrected chi connectivity index (χ4v) is 3.37. The Kier molecular flexibility index (Phi) is 4.50. The van der Waals surface area contributed by atoms with Crippen LogP contribution in [0, 0.1) is 6.92 Å². The number of nitrogens with zero attached hydrogens (tertiary/aromatic N) is 2. The number of thioether (sulfide) groups is 1. The van der Waals surface area contributed by atoms with Gasteiger partial charge in [-0.15, -0.1) is 0 Å². The molecule has 5 heteroatoms. The van der Waals surface area contributed by atoms with Crippen LogP contribution in [0.15, 0.2) is 53.5 Å². The highest BCUT2D eigenvalue weighted by Gasteiger charge is 2.05. The van der Waals surface area contributed by atoms with Crippen LogP contribution in [0.1, 0.15) is 16.8 Å². The molecule has 3 rings (SSSR count). The molecule has 3 nitrogen and oxygen atoms in total. The van der Waals surface area contributed by atoms with E-state index in [0.29, 0.717) is 5.75 Å². The summed E-state index contributed by atoms with van der Waals surface area (Å²) in [5.41, 5.74) is 3.68. The van der Waals surface area contributed by atoms with Crippen molar-refractivity contribution >= 4 is 29.0 Å². The summed E-state index contributed by atoms with van der Waals surface area (Å²) in [6, 6.07) is 13.3. The fourth-order valence-electron chi connectivity index (χ4n) is 2.28. The van der Waals surface area contributed by atoms with Crippen LogP contribution in [-0.4, -0.2) is 9.38 Å². The molecule has 1 aromatic carbocycles. The first-order chi connectivity index (χ1) is 10.6. The molecule has 2 aromatic heterocycles. The maximum absolute atomic E-state index is 12.1. The van der Waals surface area contributed by atoms with E-state index in [1.807, 2.05) is 43.3 Å². The van der Waals surface area contributed by atoms with Gasteiger partial charge in [-0.05, 0) is 36.2 Å². The second-order valence-corrected chi connectivity index (χ2v) is 6.52. The molecule has 0 amide bonds. The Morgan fingerprint density at radius 3 is 2.86 bits per heavy atom. The van der Waals surface area contributed by atoms with Crippen LogP contribution in [0.2, 0.25) is 5.02 Å². The second-order valence-electron chi connectivity index (χ2n) is 5.09. The number of benzene rings is 1. The Hall–Kier alpha value is -1.78. The number of halogens is 1. The molecule has 0 saturated heterocycles. The molecule has 0 bridgehead atoms. The summed E-state index contributed by atoms with van der Waals surface area (Å²) in [7, 11) is 0. The molecule has 0 fully saturated rings. The first kappa shape index (κ1) is 15.1. The van der Waals surface area contributed by atoms with Crippen LogP contribution in [0.3, 0.4) is 0 Å². The monoisotopic (exact) mass is 330 g/mol. The molecule has 2 heterocycles. The van der Waals surface area contributed by atoms with Gasteiger partial charge in [0.1, 0.15) is 5.65 Å². The van der Waals surface area contributed by atoms with E-state index < -0.39 is 0 Å². The summed E-state index contributed by atoms with van der Waals surface area (Å²) in [5, 5.41) is 0.746. The van der Waals surface area contributed by atoms with E-state index in [4.69, 9.17) is 11.6 Å². The molecular formula is C17H15ClN2OS.